The second-order valence-corrected chi connectivity index (χ2v) is 4.75. The number of benzene rings is 2. The zero-order valence-electron chi connectivity index (χ0n) is 11.7. The fourth-order valence-corrected chi connectivity index (χ4v) is 2.22. The summed E-state index contributed by atoms with van der Waals surface area (Å²) in [4.78, 5) is 23.3. The van der Waals surface area contributed by atoms with E-state index in [1.807, 2.05) is 37.3 Å². The molecule has 21 heavy (non-hydrogen) atoms. The lowest BCUT2D eigenvalue weighted by atomic mass is 9.95. The average molecular weight is 283 g/mol. The van der Waals surface area contributed by atoms with Crippen molar-refractivity contribution in [1.82, 2.24) is 0 Å². The van der Waals surface area contributed by atoms with Crippen LogP contribution < -0.4 is 5.32 Å². The molecule has 0 aliphatic heterocycles. The molecule has 0 saturated carbocycles. The predicted octanol–water partition coefficient (Wildman–Crippen LogP) is 3.52. The fraction of sp³-hybridized carbons (Fsp3) is 0.176. The third-order valence-corrected chi connectivity index (χ3v) is 3.30. The molecule has 2 aromatic carbocycles. The molecular weight excluding hydrogens is 266 g/mol. The maximum Gasteiger partial charge on any atom is 0.335 e. The van der Waals surface area contributed by atoms with Gasteiger partial charge in [-0.15, -0.1) is 0 Å². The number of amides is 1. The van der Waals surface area contributed by atoms with Gasteiger partial charge in [-0.3, -0.25) is 4.79 Å². The Hall–Kier alpha value is -2.62. The standard InChI is InChI=1S/C17H17NO3/c1-2-15(12-7-4-3-5-8-12)16(19)18-14-10-6-9-13(11-14)17(20)21/h3-11,15H,2H2,1H3,(H,18,19)(H,20,21)/t15-/m1/s1. The Morgan fingerprint density at radius 2 is 1.81 bits per heavy atom. The van der Waals surface area contributed by atoms with Crippen molar-refractivity contribution in [2.45, 2.75) is 19.3 Å². The first-order chi connectivity index (χ1) is 10.1. The van der Waals surface area contributed by atoms with Gasteiger partial charge in [-0.05, 0) is 30.2 Å². The first kappa shape index (κ1) is 14.8. The van der Waals surface area contributed by atoms with E-state index < -0.39 is 5.97 Å². The van der Waals surface area contributed by atoms with Crippen LogP contribution in [0.3, 0.4) is 0 Å². The number of nitrogens with one attached hydrogen (secondary N) is 1. The van der Waals surface area contributed by atoms with Crippen molar-refractivity contribution >= 4 is 17.6 Å². The minimum Gasteiger partial charge on any atom is -0.478 e. The zero-order valence-corrected chi connectivity index (χ0v) is 11.7. The maximum atomic E-state index is 12.4. The summed E-state index contributed by atoms with van der Waals surface area (Å²) >= 11 is 0. The molecule has 1 atom stereocenters. The molecule has 4 heteroatoms. The van der Waals surface area contributed by atoms with Crippen molar-refractivity contribution in [2.24, 2.45) is 0 Å². The van der Waals surface area contributed by atoms with Crippen molar-refractivity contribution in [3.05, 3.63) is 65.7 Å². The zero-order chi connectivity index (χ0) is 15.2. The second kappa shape index (κ2) is 6.70. The van der Waals surface area contributed by atoms with Crippen LogP contribution in [0.1, 0.15) is 35.2 Å². The highest BCUT2D eigenvalue weighted by Gasteiger charge is 2.18. The average Bonchev–Trinajstić information content (AvgIpc) is 2.49. The van der Waals surface area contributed by atoms with Crippen LogP contribution >= 0.6 is 0 Å². The normalized spacial score (nSPS) is 11.7. The molecule has 0 aromatic heterocycles. The molecule has 2 aromatic rings. The van der Waals surface area contributed by atoms with Crippen molar-refractivity contribution in [3.63, 3.8) is 0 Å². The SMILES string of the molecule is CC[C@@H](C(=O)Nc1cccc(C(=O)O)c1)c1ccccc1. The largest absolute Gasteiger partial charge is 0.478 e. The van der Waals surface area contributed by atoms with Gasteiger partial charge in [0, 0.05) is 5.69 Å². The number of hydrogen-bond acceptors (Lipinski definition) is 2. The van der Waals surface area contributed by atoms with E-state index in [1.54, 1.807) is 12.1 Å². The van der Waals surface area contributed by atoms with Gasteiger partial charge in [0.05, 0.1) is 11.5 Å². The van der Waals surface area contributed by atoms with Crippen LogP contribution in [0.25, 0.3) is 0 Å². The number of rotatable bonds is 5. The van der Waals surface area contributed by atoms with E-state index in [0.717, 1.165) is 5.56 Å². The molecule has 0 heterocycles. The lowest BCUT2D eigenvalue weighted by Crippen LogP contribution is -2.20. The summed E-state index contributed by atoms with van der Waals surface area (Å²) in [5.74, 6) is -1.40. The van der Waals surface area contributed by atoms with Crippen molar-refractivity contribution in [2.75, 3.05) is 5.32 Å². The molecule has 2 N–H and O–H groups in total. The highest BCUT2D eigenvalue weighted by atomic mass is 16.4. The number of hydrogen-bond donors (Lipinski definition) is 2. The molecule has 0 fully saturated rings. The van der Waals surface area contributed by atoms with E-state index in [4.69, 9.17) is 5.11 Å². The monoisotopic (exact) mass is 283 g/mol. The van der Waals surface area contributed by atoms with E-state index in [2.05, 4.69) is 5.32 Å². The van der Waals surface area contributed by atoms with Crippen molar-refractivity contribution in [3.8, 4) is 0 Å². The predicted molar refractivity (Wildman–Crippen MR) is 81.5 cm³/mol. The minimum absolute atomic E-state index is 0.133. The molecule has 108 valence electrons. The van der Waals surface area contributed by atoms with Crippen LogP contribution in [0.4, 0.5) is 5.69 Å². The van der Waals surface area contributed by atoms with Gasteiger partial charge < -0.3 is 10.4 Å². The molecule has 0 bridgehead atoms. The number of anilines is 1. The highest BCUT2D eigenvalue weighted by molar-refractivity contribution is 5.97. The van der Waals surface area contributed by atoms with E-state index in [1.165, 1.54) is 12.1 Å². The third kappa shape index (κ3) is 3.69. The molecule has 0 radical (unpaired) electrons. The molecule has 1 amide bonds. The van der Waals surface area contributed by atoms with E-state index >= 15 is 0 Å². The lowest BCUT2D eigenvalue weighted by molar-refractivity contribution is -0.117. The molecule has 0 aliphatic carbocycles. The van der Waals surface area contributed by atoms with Gasteiger partial charge in [-0.2, -0.15) is 0 Å². The maximum absolute atomic E-state index is 12.4. The number of carboxylic acids is 1. The molecule has 0 aliphatic rings. The minimum atomic E-state index is -1.01. The van der Waals surface area contributed by atoms with Crippen LogP contribution in [-0.2, 0) is 4.79 Å². The number of carboxylic acid groups (broad SMARTS) is 1. The van der Waals surface area contributed by atoms with Crippen molar-refractivity contribution in [1.29, 1.82) is 0 Å². The Kier molecular flexibility index (Phi) is 4.72. The Balaban J connectivity index is 2.16. The number of carbonyl (C=O) groups is 2. The van der Waals surface area contributed by atoms with E-state index in [0.29, 0.717) is 12.1 Å². The van der Waals surface area contributed by atoms with E-state index in [9.17, 15) is 9.59 Å². The smallest absolute Gasteiger partial charge is 0.335 e. The topological polar surface area (TPSA) is 66.4 Å². The van der Waals surface area contributed by atoms with Crippen LogP contribution in [0.15, 0.2) is 54.6 Å². The van der Waals surface area contributed by atoms with E-state index in [-0.39, 0.29) is 17.4 Å². The fourth-order valence-electron chi connectivity index (χ4n) is 2.22. The van der Waals surface area contributed by atoms with Gasteiger partial charge in [0.25, 0.3) is 0 Å². The van der Waals surface area contributed by atoms with Gasteiger partial charge in [-0.25, -0.2) is 4.79 Å². The molecule has 0 unspecified atom stereocenters. The number of aromatic carboxylic acids is 1. The van der Waals surface area contributed by atoms with Gasteiger partial charge in [0.1, 0.15) is 0 Å². The van der Waals surface area contributed by atoms with Gasteiger partial charge in [-0.1, -0.05) is 43.3 Å². The molecule has 0 spiro atoms. The summed E-state index contributed by atoms with van der Waals surface area (Å²) in [7, 11) is 0. The summed E-state index contributed by atoms with van der Waals surface area (Å²) in [6.07, 6.45) is 0.675. The van der Waals surface area contributed by atoms with Crippen LogP contribution in [-0.4, -0.2) is 17.0 Å². The van der Waals surface area contributed by atoms with Gasteiger partial charge in [0.15, 0.2) is 0 Å². The Morgan fingerprint density at radius 1 is 1.10 bits per heavy atom. The van der Waals surface area contributed by atoms with Crippen LogP contribution in [0, 0.1) is 0 Å². The Morgan fingerprint density at radius 3 is 2.43 bits per heavy atom. The molecule has 2 rings (SSSR count). The highest BCUT2D eigenvalue weighted by Crippen LogP contribution is 2.21. The summed E-state index contributed by atoms with van der Waals surface area (Å²) < 4.78 is 0. The lowest BCUT2D eigenvalue weighted by Gasteiger charge is -2.15. The first-order valence-electron chi connectivity index (χ1n) is 6.81. The van der Waals surface area contributed by atoms with Gasteiger partial charge >= 0.3 is 5.97 Å². The first-order valence-corrected chi connectivity index (χ1v) is 6.81. The molecular formula is C17H17NO3. The van der Waals surface area contributed by atoms with Crippen LogP contribution in [0.2, 0.25) is 0 Å². The quantitative estimate of drug-likeness (QED) is 0.882. The Labute approximate surface area is 123 Å². The summed E-state index contributed by atoms with van der Waals surface area (Å²) in [6, 6.07) is 15.8. The summed E-state index contributed by atoms with van der Waals surface area (Å²) in [5, 5.41) is 11.7. The van der Waals surface area contributed by atoms with Gasteiger partial charge in [0.2, 0.25) is 5.91 Å². The summed E-state index contributed by atoms with van der Waals surface area (Å²) in [6.45, 7) is 1.95. The number of carbonyl (C=O) groups excluding carboxylic acids is 1. The summed E-state index contributed by atoms with van der Waals surface area (Å²) in [5.41, 5.74) is 1.60. The second-order valence-electron chi connectivity index (χ2n) is 4.75. The molecule has 0 saturated heterocycles. The Bertz CT molecular complexity index is 637. The molecule has 4 nitrogen and oxygen atoms in total. The third-order valence-electron chi connectivity index (χ3n) is 3.30. The van der Waals surface area contributed by atoms with Crippen LogP contribution in [0.5, 0.6) is 0 Å². The van der Waals surface area contributed by atoms with Crippen molar-refractivity contribution < 1.29 is 14.7 Å².